The van der Waals surface area contributed by atoms with Gasteiger partial charge in [0.15, 0.2) is 0 Å². The summed E-state index contributed by atoms with van der Waals surface area (Å²) in [5.74, 6) is -0.128. The summed E-state index contributed by atoms with van der Waals surface area (Å²) in [6.07, 6.45) is 2.44. The number of unbranched alkanes of at least 4 members (excludes halogenated alkanes) is 1. The molecule has 0 aromatic heterocycles. The van der Waals surface area contributed by atoms with Crippen molar-refractivity contribution < 1.29 is 20.4 Å². The minimum absolute atomic E-state index is 0.0244. The highest BCUT2D eigenvalue weighted by molar-refractivity contribution is 5.60. The Hall–Kier alpha value is -3.14. The molecule has 0 saturated carbocycles. The van der Waals surface area contributed by atoms with E-state index in [0.717, 1.165) is 18.4 Å². The Kier molecular flexibility index (Phi) is 5.26. The van der Waals surface area contributed by atoms with Crippen LogP contribution in [0.1, 0.15) is 42.9 Å². The summed E-state index contributed by atoms with van der Waals surface area (Å²) < 4.78 is 0. The molecule has 140 valence electrons. The predicted octanol–water partition coefficient (Wildman–Crippen LogP) is 5.03. The molecule has 0 aliphatic heterocycles. The van der Waals surface area contributed by atoms with E-state index in [2.05, 4.69) is 6.92 Å². The maximum Gasteiger partial charge on any atom is 0.123 e. The third-order valence-corrected chi connectivity index (χ3v) is 5.05. The molecular formula is C23H24O4. The molecule has 3 aromatic rings. The van der Waals surface area contributed by atoms with Gasteiger partial charge in [-0.25, -0.2) is 0 Å². The number of hydrogen-bond acceptors (Lipinski definition) is 4. The quantitative estimate of drug-likeness (QED) is 0.462. The number of benzene rings is 3. The van der Waals surface area contributed by atoms with Crippen molar-refractivity contribution in [3.8, 4) is 23.0 Å². The first kappa shape index (κ1) is 18.6. The second-order valence-corrected chi connectivity index (χ2v) is 6.78. The van der Waals surface area contributed by atoms with E-state index in [1.807, 2.05) is 30.3 Å². The molecule has 0 radical (unpaired) electrons. The van der Waals surface area contributed by atoms with Crippen LogP contribution in [0.15, 0.2) is 66.7 Å². The normalized spacial score (nSPS) is 11.4. The third-order valence-electron chi connectivity index (χ3n) is 5.05. The fraction of sp³-hybridized carbons (Fsp3) is 0.217. The van der Waals surface area contributed by atoms with Gasteiger partial charge in [-0.05, 0) is 24.1 Å². The molecular weight excluding hydrogens is 340 g/mol. The van der Waals surface area contributed by atoms with Gasteiger partial charge in [0.25, 0.3) is 0 Å². The van der Waals surface area contributed by atoms with E-state index in [9.17, 15) is 20.4 Å². The number of rotatable bonds is 6. The number of aromatic hydroxyl groups is 4. The first-order chi connectivity index (χ1) is 13.0. The topological polar surface area (TPSA) is 80.9 Å². The van der Waals surface area contributed by atoms with Crippen molar-refractivity contribution in [3.63, 3.8) is 0 Å². The lowest BCUT2D eigenvalue weighted by Gasteiger charge is -2.37. The number of phenolic OH excluding ortho intramolecular Hbond substituents is 4. The van der Waals surface area contributed by atoms with Crippen molar-refractivity contribution in [2.24, 2.45) is 0 Å². The summed E-state index contributed by atoms with van der Waals surface area (Å²) in [7, 11) is 0. The van der Waals surface area contributed by atoms with Gasteiger partial charge in [0.2, 0.25) is 0 Å². The second kappa shape index (κ2) is 7.62. The molecule has 27 heavy (non-hydrogen) atoms. The first-order valence-corrected chi connectivity index (χ1v) is 9.09. The van der Waals surface area contributed by atoms with E-state index in [1.54, 1.807) is 12.1 Å². The van der Waals surface area contributed by atoms with Crippen LogP contribution in [0, 0.1) is 0 Å². The molecule has 0 saturated heterocycles. The Morgan fingerprint density at radius 2 is 1.22 bits per heavy atom. The van der Waals surface area contributed by atoms with Crippen LogP contribution < -0.4 is 0 Å². The average Bonchev–Trinajstić information content (AvgIpc) is 2.65. The van der Waals surface area contributed by atoms with Crippen molar-refractivity contribution in [3.05, 3.63) is 83.4 Å². The predicted molar refractivity (Wildman–Crippen MR) is 105 cm³/mol. The molecule has 3 aromatic carbocycles. The molecule has 4 heteroatoms. The SMILES string of the molecule is CCCCC(c1ccccc1)(c1ccc(O)cc1O)c1ccc(O)cc1O. The Morgan fingerprint density at radius 3 is 1.67 bits per heavy atom. The van der Waals surface area contributed by atoms with Crippen molar-refractivity contribution in [1.29, 1.82) is 0 Å². The van der Waals surface area contributed by atoms with Gasteiger partial charge in [-0.1, -0.05) is 62.2 Å². The zero-order chi connectivity index (χ0) is 19.4. The Labute approximate surface area is 159 Å². The summed E-state index contributed by atoms with van der Waals surface area (Å²) in [6.45, 7) is 2.09. The zero-order valence-electron chi connectivity index (χ0n) is 15.3. The summed E-state index contributed by atoms with van der Waals surface area (Å²) in [6, 6.07) is 18.8. The minimum Gasteiger partial charge on any atom is -0.508 e. The van der Waals surface area contributed by atoms with Crippen molar-refractivity contribution in [2.75, 3.05) is 0 Å². The van der Waals surface area contributed by atoms with E-state index in [4.69, 9.17) is 0 Å². The van der Waals surface area contributed by atoms with Crippen LogP contribution in [-0.2, 0) is 5.41 Å². The Balaban J connectivity index is 2.38. The molecule has 0 bridgehead atoms. The van der Waals surface area contributed by atoms with Crippen LogP contribution in [0.4, 0.5) is 0 Å². The summed E-state index contributed by atoms with van der Waals surface area (Å²) >= 11 is 0. The maximum absolute atomic E-state index is 10.7. The molecule has 0 spiro atoms. The van der Waals surface area contributed by atoms with E-state index < -0.39 is 5.41 Å². The van der Waals surface area contributed by atoms with Gasteiger partial charge in [0.05, 0.1) is 5.41 Å². The average molecular weight is 364 g/mol. The maximum atomic E-state index is 10.7. The minimum atomic E-state index is -0.827. The molecule has 0 unspecified atom stereocenters. The Morgan fingerprint density at radius 1 is 0.704 bits per heavy atom. The number of phenols is 4. The lowest BCUT2D eigenvalue weighted by Crippen LogP contribution is -2.29. The first-order valence-electron chi connectivity index (χ1n) is 9.09. The fourth-order valence-electron chi connectivity index (χ4n) is 3.80. The lowest BCUT2D eigenvalue weighted by atomic mass is 9.66. The van der Waals surface area contributed by atoms with Crippen molar-refractivity contribution >= 4 is 0 Å². The molecule has 3 rings (SSSR count). The van der Waals surface area contributed by atoms with Gasteiger partial charge < -0.3 is 20.4 Å². The van der Waals surface area contributed by atoms with E-state index >= 15 is 0 Å². The zero-order valence-corrected chi connectivity index (χ0v) is 15.3. The highest BCUT2D eigenvalue weighted by atomic mass is 16.3. The van der Waals surface area contributed by atoms with Crippen molar-refractivity contribution in [1.82, 2.24) is 0 Å². The van der Waals surface area contributed by atoms with Crippen LogP contribution in [0.3, 0.4) is 0 Å². The number of hydrogen-bond donors (Lipinski definition) is 4. The van der Waals surface area contributed by atoms with Gasteiger partial charge in [0.1, 0.15) is 23.0 Å². The smallest absolute Gasteiger partial charge is 0.123 e. The monoisotopic (exact) mass is 364 g/mol. The molecule has 0 aliphatic rings. The summed E-state index contributed by atoms with van der Waals surface area (Å²) in [5.41, 5.74) is 1.29. The van der Waals surface area contributed by atoms with Crippen LogP contribution in [0.2, 0.25) is 0 Å². The van der Waals surface area contributed by atoms with Gasteiger partial charge in [0, 0.05) is 23.3 Å². The molecule has 0 atom stereocenters. The Bertz CT molecular complexity index is 867. The highest BCUT2D eigenvalue weighted by Crippen LogP contribution is 2.50. The molecule has 0 fully saturated rings. The van der Waals surface area contributed by atoms with E-state index in [-0.39, 0.29) is 23.0 Å². The molecule has 4 N–H and O–H groups in total. The van der Waals surface area contributed by atoms with E-state index in [1.165, 1.54) is 24.3 Å². The molecule has 0 heterocycles. The molecule has 0 aliphatic carbocycles. The fourth-order valence-corrected chi connectivity index (χ4v) is 3.80. The van der Waals surface area contributed by atoms with Crippen LogP contribution >= 0.6 is 0 Å². The lowest BCUT2D eigenvalue weighted by molar-refractivity contribution is 0.410. The highest BCUT2D eigenvalue weighted by Gasteiger charge is 2.39. The third kappa shape index (κ3) is 3.43. The van der Waals surface area contributed by atoms with Gasteiger partial charge >= 0.3 is 0 Å². The van der Waals surface area contributed by atoms with Crippen LogP contribution in [0.5, 0.6) is 23.0 Å². The van der Waals surface area contributed by atoms with Crippen LogP contribution in [-0.4, -0.2) is 20.4 Å². The van der Waals surface area contributed by atoms with Crippen LogP contribution in [0.25, 0.3) is 0 Å². The van der Waals surface area contributed by atoms with Gasteiger partial charge in [-0.3, -0.25) is 0 Å². The second-order valence-electron chi connectivity index (χ2n) is 6.78. The summed E-state index contributed by atoms with van der Waals surface area (Å²) in [4.78, 5) is 0. The van der Waals surface area contributed by atoms with E-state index in [0.29, 0.717) is 17.5 Å². The molecule has 4 nitrogen and oxygen atoms in total. The summed E-state index contributed by atoms with van der Waals surface area (Å²) in [5, 5.41) is 40.9. The van der Waals surface area contributed by atoms with Gasteiger partial charge in [-0.2, -0.15) is 0 Å². The molecule has 0 amide bonds. The van der Waals surface area contributed by atoms with Crippen molar-refractivity contribution in [2.45, 2.75) is 31.6 Å². The standard InChI is InChI=1S/C23H24O4/c1-2-3-13-23(16-7-5-4-6-8-16,19-11-9-17(24)14-21(19)26)20-12-10-18(25)15-22(20)27/h4-12,14-15,24-27H,2-3,13H2,1H3. The van der Waals surface area contributed by atoms with Gasteiger partial charge in [-0.15, -0.1) is 0 Å². The largest absolute Gasteiger partial charge is 0.508 e.